The minimum atomic E-state index is 0.146. The number of anilines is 1. The molecule has 1 aromatic carbocycles. The van der Waals surface area contributed by atoms with Crippen molar-refractivity contribution in [2.45, 2.75) is 5.03 Å². The third kappa shape index (κ3) is 4.28. The van der Waals surface area contributed by atoms with Crippen molar-refractivity contribution in [3.63, 3.8) is 0 Å². The molecule has 0 unspecified atom stereocenters. The average Bonchev–Trinajstić information content (AvgIpc) is 3.28. The molecule has 1 fully saturated rings. The molecule has 0 spiro atoms. The summed E-state index contributed by atoms with van der Waals surface area (Å²) in [5.41, 5.74) is 1.22. The molecule has 0 aliphatic carbocycles. The van der Waals surface area contributed by atoms with Crippen molar-refractivity contribution < 1.29 is 4.79 Å². The number of thioether (sulfide) groups is 1. The SMILES string of the molecule is O=C(CSc1ccc(-n2ccnc2)nn1)N1CCN(c2ccccc2)CC1. The van der Waals surface area contributed by atoms with Crippen LogP contribution in [0, 0.1) is 0 Å². The van der Waals surface area contributed by atoms with Crippen LogP contribution in [0.5, 0.6) is 0 Å². The highest BCUT2D eigenvalue weighted by atomic mass is 32.2. The van der Waals surface area contributed by atoms with Crippen molar-refractivity contribution in [2.24, 2.45) is 0 Å². The highest BCUT2D eigenvalue weighted by Crippen LogP contribution is 2.18. The summed E-state index contributed by atoms with van der Waals surface area (Å²) < 4.78 is 1.79. The van der Waals surface area contributed by atoms with E-state index in [1.807, 2.05) is 41.4 Å². The second-order valence-electron chi connectivity index (χ2n) is 6.19. The van der Waals surface area contributed by atoms with Crippen LogP contribution in [0.15, 0.2) is 66.2 Å². The van der Waals surface area contributed by atoms with Gasteiger partial charge in [-0.3, -0.25) is 9.36 Å². The number of hydrogen-bond donors (Lipinski definition) is 0. The van der Waals surface area contributed by atoms with E-state index in [1.54, 1.807) is 17.1 Å². The first kappa shape index (κ1) is 17.5. The summed E-state index contributed by atoms with van der Waals surface area (Å²) in [6.07, 6.45) is 5.19. The third-order valence-corrected chi connectivity index (χ3v) is 5.40. The van der Waals surface area contributed by atoms with E-state index >= 15 is 0 Å². The number of nitrogens with zero attached hydrogens (tertiary/aromatic N) is 6. The van der Waals surface area contributed by atoms with Gasteiger partial charge in [-0.1, -0.05) is 30.0 Å². The first-order valence-corrected chi connectivity index (χ1v) is 9.81. The van der Waals surface area contributed by atoms with Gasteiger partial charge in [0, 0.05) is 44.3 Å². The van der Waals surface area contributed by atoms with Crippen LogP contribution in [0.1, 0.15) is 0 Å². The van der Waals surface area contributed by atoms with Gasteiger partial charge in [0.1, 0.15) is 11.4 Å². The van der Waals surface area contributed by atoms with Crippen molar-refractivity contribution in [1.29, 1.82) is 0 Å². The Labute approximate surface area is 162 Å². The van der Waals surface area contributed by atoms with Crippen LogP contribution in [-0.2, 0) is 4.79 Å². The monoisotopic (exact) mass is 380 g/mol. The van der Waals surface area contributed by atoms with E-state index in [0.29, 0.717) is 11.6 Å². The van der Waals surface area contributed by atoms with Crippen molar-refractivity contribution in [1.82, 2.24) is 24.6 Å². The lowest BCUT2D eigenvalue weighted by molar-refractivity contribution is -0.128. The molecule has 4 rings (SSSR count). The Bertz CT molecular complexity index is 861. The molecule has 1 aliphatic heterocycles. The number of para-hydroxylation sites is 1. The minimum absolute atomic E-state index is 0.146. The lowest BCUT2D eigenvalue weighted by atomic mass is 10.2. The van der Waals surface area contributed by atoms with Gasteiger partial charge in [0.05, 0.1) is 5.75 Å². The van der Waals surface area contributed by atoms with Gasteiger partial charge in [-0.25, -0.2) is 4.98 Å². The number of benzene rings is 1. The van der Waals surface area contributed by atoms with Crippen LogP contribution in [-0.4, -0.2) is 62.5 Å². The van der Waals surface area contributed by atoms with Crippen LogP contribution in [0.25, 0.3) is 5.82 Å². The lowest BCUT2D eigenvalue weighted by Crippen LogP contribution is -2.49. The second-order valence-corrected chi connectivity index (χ2v) is 7.19. The molecule has 2 aromatic heterocycles. The van der Waals surface area contributed by atoms with Crippen molar-refractivity contribution >= 4 is 23.4 Å². The molecule has 8 heteroatoms. The number of carbonyl (C=O) groups excluding carboxylic acids is 1. The highest BCUT2D eigenvalue weighted by Gasteiger charge is 2.21. The Kier molecular flexibility index (Phi) is 5.34. The normalized spacial score (nSPS) is 14.4. The van der Waals surface area contributed by atoms with E-state index in [-0.39, 0.29) is 5.91 Å². The van der Waals surface area contributed by atoms with Crippen molar-refractivity contribution in [3.05, 3.63) is 61.2 Å². The molecular weight excluding hydrogens is 360 g/mol. The minimum Gasteiger partial charge on any atom is -0.368 e. The molecule has 0 saturated carbocycles. The standard InChI is InChI=1S/C19H20N6OS/c26-19(24-12-10-23(11-13-24)16-4-2-1-3-5-16)14-27-18-7-6-17(21-22-18)25-9-8-20-15-25/h1-9,15H,10-14H2. The molecule has 0 N–H and O–H groups in total. The number of rotatable bonds is 5. The van der Waals surface area contributed by atoms with Gasteiger partial charge in [0.25, 0.3) is 0 Å². The first-order valence-electron chi connectivity index (χ1n) is 8.82. The average molecular weight is 380 g/mol. The zero-order valence-corrected chi connectivity index (χ0v) is 15.6. The fourth-order valence-corrected chi connectivity index (χ4v) is 3.72. The molecule has 0 atom stereocenters. The predicted octanol–water partition coefficient (Wildman–Crippen LogP) is 2.10. The van der Waals surface area contributed by atoms with Gasteiger partial charge in [0.15, 0.2) is 5.82 Å². The Morgan fingerprint density at radius 3 is 2.48 bits per heavy atom. The number of imidazole rings is 1. The smallest absolute Gasteiger partial charge is 0.233 e. The summed E-state index contributed by atoms with van der Waals surface area (Å²) in [5, 5.41) is 9.11. The quantitative estimate of drug-likeness (QED) is 0.632. The topological polar surface area (TPSA) is 67.2 Å². The van der Waals surface area contributed by atoms with E-state index in [4.69, 9.17) is 0 Å². The van der Waals surface area contributed by atoms with E-state index in [1.165, 1.54) is 17.4 Å². The fraction of sp³-hybridized carbons (Fsp3) is 0.263. The summed E-state index contributed by atoms with van der Waals surface area (Å²) in [6, 6.07) is 14.1. The molecule has 0 bridgehead atoms. The van der Waals surface area contributed by atoms with Crippen molar-refractivity contribution in [3.8, 4) is 5.82 Å². The number of piperazine rings is 1. The Morgan fingerprint density at radius 2 is 1.81 bits per heavy atom. The molecule has 1 amide bonds. The Morgan fingerprint density at radius 1 is 1.00 bits per heavy atom. The van der Waals surface area contributed by atoms with Gasteiger partial charge < -0.3 is 9.80 Å². The molecule has 7 nitrogen and oxygen atoms in total. The highest BCUT2D eigenvalue weighted by molar-refractivity contribution is 7.99. The number of hydrogen-bond acceptors (Lipinski definition) is 6. The zero-order valence-electron chi connectivity index (χ0n) is 14.8. The van der Waals surface area contributed by atoms with Crippen LogP contribution in [0.3, 0.4) is 0 Å². The second kappa shape index (κ2) is 8.22. The molecule has 1 aliphatic rings. The largest absolute Gasteiger partial charge is 0.368 e. The predicted molar refractivity (Wildman–Crippen MR) is 105 cm³/mol. The molecule has 1 saturated heterocycles. The molecule has 138 valence electrons. The Balaban J connectivity index is 1.26. The summed E-state index contributed by atoms with van der Waals surface area (Å²) >= 11 is 1.42. The van der Waals surface area contributed by atoms with E-state index in [0.717, 1.165) is 31.2 Å². The first-order chi connectivity index (χ1) is 13.3. The lowest BCUT2D eigenvalue weighted by Gasteiger charge is -2.36. The molecule has 0 radical (unpaired) electrons. The fourth-order valence-electron chi connectivity index (χ4n) is 3.00. The molecule has 27 heavy (non-hydrogen) atoms. The van der Waals surface area contributed by atoms with Crippen LogP contribution in [0.2, 0.25) is 0 Å². The van der Waals surface area contributed by atoms with E-state index in [2.05, 4.69) is 32.2 Å². The summed E-state index contributed by atoms with van der Waals surface area (Å²) in [6.45, 7) is 3.22. The van der Waals surface area contributed by atoms with Crippen LogP contribution in [0.4, 0.5) is 5.69 Å². The van der Waals surface area contributed by atoms with E-state index < -0.39 is 0 Å². The van der Waals surface area contributed by atoms with Crippen LogP contribution < -0.4 is 4.90 Å². The van der Waals surface area contributed by atoms with E-state index in [9.17, 15) is 4.79 Å². The maximum atomic E-state index is 12.5. The van der Waals surface area contributed by atoms with Gasteiger partial charge in [0.2, 0.25) is 5.91 Å². The Hall–Kier alpha value is -2.87. The maximum absolute atomic E-state index is 12.5. The zero-order chi connectivity index (χ0) is 18.5. The maximum Gasteiger partial charge on any atom is 0.233 e. The molecule has 3 heterocycles. The third-order valence-electron chi connectivity index (χ3n) is 4.49. The molecule has 3 aromatic rings. The molecular formula is C19H20N6OS. The van der Waals surface area contributed by atoms with Crippen LogP contribution >= 0.6 is 11.8 Å². The van der Waals surface area contributed by atoms with Gasteiger partial charge >= 0.3 is 0 Å². The summed E-state index contributed by atoms with van der Waals surface area (Å²) in [4.78, 5) is 20.7. The summed E-state index contributed by atoms with van der Waals surface area (Å²) in [5.74, 6) is 1.23. The number of carbonyl (C=O) groups is 1. The van der Waals surface area contributed by atoms with Gasteiger partial charge in [-0.15, -0.1) is 10.2 Å². The number of amides is 1. The summed E-state index contributed by atoms with van der Waals surface area (Å²) in [7, 11) is 0. The van der Waals surface area contributed by atoms with Gasteiger partial charge in [-0.05, 0) is 24.3 Å². The number of aromatic nitrogens is 4. The van der Waals surface area contributed by atoms with Gasteiger partial charge in [-0.2, -0.15) is 0 Å². The van der Waals surface area contributed by atoms with Crippen molar-refractivity contribution in [2.75, 3.05) is 36.8 Å².